The summed E-state index contributed by atoms with van der Waals surface area (Å²) >= 11 is 0. The Balaban J connectivity index is 0.00000243. The van der Waals surface area contributed by atoms with Gasteiger partial charge in [0.1, 0.15) is 11.9 Å². The summed E-state index contributed by atoms with van der Waals surface area (Å²) in [7, 11) is 0. The maximum Gasteiger partial charge on any atom is 0.225 e. The Morgan fingerprint density at radius 2 is 1.77 bits per heavy atom. The molecule has 1 saturated heterocycles. The van der Waals surface area contributed by atoms with Gasteiger partial charge in [0.2, 0.25) is 5.95 Å². The molecule has 1 aromatic heterocycles. The van der Waals surface area contributed by atoms with Crippen molar-refractivity contribution in [2.75, 3.05) is 31.1 Å². The summed E-state index contributed by atoms with van der Waals surface area (Å²) in [5.41, 5.74) is 6.87. The van der Waals surface area contributed by atoms with E-state index in [4.69, 9.17) is 12.2 Å². The second kappa shape index (κ2) is 9.33. The van der Waals surface area contributed by atoms with Gasteiger partial charge in [-0.3, -0.25) is 0 Å². The molecule has 3 rings (SSSR count). The number of nitrogens with zero attached hydrogens (tertiary/aromatic N) is 5. The maximum absolute atomic E-state index is 13.0. The van der Waals surface area contributed by atoms with Crippen molar-refractivity contribution < 1.29 is 4.39 Å². The zero-order valence-corrected chi connectivity index (χ0v) is 16.5. The van der Waals surface area contributed by atoms with Gasteiger partial charge in [0, 0.05) is 38.6 Å². The fourth-order valence-corrected chi connectivity index (χ4v) is 2.66. The van der Waals surface area contributed by atoms with Gasteiger partial charge < -0.3 is 15.5 Å². The van der Waals surface area contributed by atoms with E-state index in [1.807, 2.05) is 4.90 Å². The van der Waals surface area contributed by atoms with E-state index >= 15 is 0 Å². The second-order valence-electron chi connectivity index (χ2n) is 5.63. The predicted octanol–water partition coefficient (Wildman–Crippen LogP) is 2.04. The zero-order valence-electron chi connectivity index (χ0n) is 14.1. The van der Waals surface area contributed by atoms with Crippen LogP contribution in [0.4, 0.5) is 10.3 Å². The number of guanidine groups is 1. The SMILES string of the molecule is C#CC(N=C(N)N1CCN(c2ncccn2)CC1)c1ccc(F)cc1.I. The molecule has 1 aromatic carbocycles. The normalized spacial score (nSPS) is 15.8. The van der Waals surface area contributed by atoms with E-state index in [0.29, 0.717) is 25.0 Å². The average molecular weight is 466 g/mol. The number of hydrogen-bond donors (Lipinski definition) is 1. The summed E-state index contributed by atoms with van der Waals surface area (Å²) in [5, 5.41) is 0. The highest BCUT2D eigenvalue weighted by molar-refractivity contribution is 14.0. The zero-order chi connectivity index (χ0) is 17.6. The van der Waals surface area contributed by atoms with E-state index in [1.165, 1.54) is 12.1 Å². The number of hydrogen-bond acceptors (Lipinski definition) is 4. The van der Waals surface area contributed by atoms with Crippen molar-refractivity contribution in [3.63, 3.8) is 0 Å². The van der Waals surface area contributed by atoms with Crippen LogP contribution in [0, 0.1) is 18.2 Å². The average Bonchev–Trinajstić information content (AvgIpc) is 2.67. The molecule has 0 amide bonds. The third-order valence-corrected chi connectivity index (χ3v) is 4.04. The number of aliphatic imine (C=N–C) groups is 1. The first-order valence-electron chi connectivity index (χ1n) is 7.99. The summed E-state index contributed by atoms with van der Waals surface area (Å²) in [6, 6.07) is 7.24. The molecule has 0 aliphatic carbocycles. The van der Waals surface area contributed by atoms with Crippen LogP contribution in [-0.4, -0.2) is 47.0 Å². The Hall–Kier alpha value is -2.41. The molecule has 2 heterocycles. The Bertz CT molecular complexity index is 767. The molecule has 0 spiro atoms. The predicted molar refractivity (Wildman–Crippen MR) is 111 cm³/mol. The Morgan fingerprint density at radius 1 is 1.15 bits per heavy atom. The van der Waals surface area contributed by atoms with Gasteiger partial charge in [-0.1, -0.05) is 18.1 Å². The van der Waals surface area contributed by atoms with E-state index in [1.54, 1.807) is 30.6 Å². The Labute approximate surface area is 169 Å². The lowest BCUT2D eigenvalue weighted by Crippen LogP contribution is -2.51. The number of piperazine rings is 1. The molecule has 136 valence electrons. The minimum absolute atomic E-state index is 0. The molecule has 1 atom stereocenters. The monoisotopic (exact) mass is 466 g/mol. The highest BCUT2D eigenvalue weighted by Crippen LogP contribution is 2.18. The van der Waals surface area contributed by atoms with Crippen molar-refractivity contribution in [2.45, 2.75) is 6.04 Å². The van der Waals surface area contributed by atoms with E-state index in [-0.39, 0.29) is 29.8 Å². The molecule has 6 nitrogen and oxygen atoms in total. The van der Waals surface area contributed by atoms with Crippen molar-refractivity contribution in [3.8, 4) is 12.3 Å². The largest absolute Gasteiger partial charge is 0.370 e. The van der Waals surface area contributed by atoms with Gasteiger partial charge in [0.15, 0.2) is 5.96 Å². The molecule has 0 radical (unpaired) electrons. The third kappa shape index (κ3) is 4.82. The van der Waals surface area contributed by atoms with Gasteiger partial charge in [-0.2, -0.15) is 0 Å². The number of halogens is 2. The first-order valence-corrected chi connectivity index (χ1v) is 7.99. The lowest BCUT2D eigenvalue weighted by molar-refractivity contribution is 0.377. The molecule has 2 aromatic rings. The van der Waals surface area contributed by atoms with Gasteiger partial charge in [-0.05, 0) is 23.8 Å². The van der Waals surface area contributed by atoms with Crippen molar-refractivity contribution >= 4 is 35.9 Å². The van der Waals surface area contributed by atoms with Crippen LogP contribution in [-0.2, 0) is 0 Å². The molecule has 2 N–H and O–H groups in total. The molecule has 0 saturated carbocycles. The van der Waals surface area contributed by atoms with Gasteiger partial charge in [-0.15, -0.1) is 30.4 Å². The van der Waals surface area contributed by atoms with Crippen molar-refractivity contribution in [1.82, 2.24) is 14.9 Å². The number of anilines is 1. The Kier molecular flexibility index (Phi) is 7.15. The molecule has 1 unspecified atom stereocenters. The first kappa shape index (κ1) is 19.9. The van der Waals surface area contributed by atoms with E-state index in [9.17, 15) is 4.39 Å². The van der Waals surface area contributed by atoms with E-state index in [0.717, 1.165) is 18.7 Å². The van der Waals surface area contributed by atoms with Crippen LogP contribution in [0.3, 0.4) is 0 Å². The number of nitrogens with two attached hydrogens (primary N) is 1. The summed E-state index contributed by atoms with van der Waals surface area (Å²) in [6.45, 7) is 2.90. The molecule has 1 aliphatic rings. The van der Waals surface area contributed by atoms with Gasteiger partial charge in [0.25, 0.3) is 0 Å². The van der Waals surface area contributed by atoms with E-state index in [2.05, 4.69) is 25.8 Å². The van der Waals surface area contributed by atoms with Crippen LogP contribution < -0.4 is 10.6 Å². The standard InChI is InChI=1S/C18H19FN6.HI/c1-2-16(14-4-6-15(19)7-5-14)23-17(20)24-10-12-25(13-11-24)18-21-8-3-9-22-18;/h1,3-9,16H,10-13H2,(H2,20,23);1H. The highest BCUT2D eigenvalue weighted by atomic mass is 127. The molecule has 8 heteroatoms. The van der Waals surface area contributed by atoms with Gasteiger partial charge in [-0.25, -0.2) is 19.4 Å². The van der Waals surface area contributed by atoms with Crippen molar-refractivity contribution in [3.05, 3.63) is 54.1 Å². The third-order valence-electron chi connectivity index (χ3n) is 4.04. The molecule has 1 fully saturated rings. The maximum atomic E-state index is 13.0. The van der Waals surface area contributed by atoms with Crippen LogP contribution in [0.25, 0.3) is 0 Å². The number of benzene rings is 1. The quantitative estimate of drug-likeness (QED) is 0.325. The lowest BCUT2D eigenvalue weighted by atomic mass is 10.1. The summed E-state index contributed by atoms with van der Waals surface area (Å²) in [5.74, 6) is 3.39. The summed E-state index contributed by atoms with van der Waals surface area (Å²) in [4.78, 5) is 17.0. The number of rotatable bonds is 3. The van der Waals surface area contributed by atoms with Gasteiger partial charge in [0.05, 0.1) is 0 Å². The molecule has 1 aliphatic heterocycles. The Morgan fingerprint density at radius 3 is 2.35 bits per heavy atom. The van der Waals surface area contributed by atoms with Crippen LogP contribution in [0.5, 0.6) is 0 Å². The molecular formula is C18H20FIN6. The fraction of sp³-hybridized carbons (Fsp3) is 0.278. The van der Waals surface area contributed by atoms with Crippen LogP contribution in [0.15, 0.2) is 47.7 Å². The molecule has 0 bridgehead atoms. The minimum atomic E-state index is -0.531. The van der Waals surface area contributed by atoms with Crippen LogP contribution >= 0.6 is 24.0 Å². The molecule has 26 heavy (non-hydrogen) atoms. The summed E-state index contributed by atoms with van der Waals surface area (Å²) < 4.78 is 13.0. The van der Waals surface area contributed by atoms with Crippen molar-refractivity contribution in [2.24, 2.45) is 10.7 Å². The minimum Gasteiger partial charge on any atom is -0.370 e. The summed E-state index contributed by atoms with van der Waals surface area (Å²) in [6.07, 6.45) is 9.02. The highest BCUT2D eigenvalue weighted by Gasteiger charge is 2.20. The fourth-order valence-electron chi connectivity index (χ4n) is 2.66. The number of aromatic nitrogens is 2. The van der Waals surface area contributed by atoms with Crippen molar-refractivity contribution in [1.29, 1.82) is 0 Å². The first-order chi connectivity index (χ1) is 12.2. The van der Waals surface area contributed by atoms with Gasteiger partial charge >= 0.3 is 0 Å². The number of terminal acetylenes is 1. The molecular weight excluding hydrogens is 446 g/mol. The smallest absolute Gasteiger partial charge is 0.225 e. The lowest BCUT2D eigenvalue weighted by Gasteiger charge is -2.35. The van der Waals surface area contributed by atoms with Crippen LogP contribution in [0.1, 0.15) is 11.6 Å². The second-order valence-corrected chi connectivity index (χ2v) is 5.63. The van der Waals surface area contributed by atoms with E-state index < -0.39 is 6.04 Å². The topological polar surface area (TPSA) is 70.6 Å². The van der Waals surface area contributed by atoms with Crippen LogP contribution in [0.2, 0.25) is 0 Å².